The molecule has 0 radical (unpaired) electrons. The van der Waals surface area contributed by atoms with Gasteiger partial charge in [-0.05, 0) is 43.1 Å². The summed E-state index contributed by atoms with van der Waals surface area (Å²) in [6, 6.07) is 3.81. The van der Waals surface area contributed by atoms with Gasteiger partial charge in [0.05, 0.1) is 0 Å². The topological polar surface area (TPSA) is 79.6 Å². The van der Waals surface area contributed by atoms with Crippen LogP contribution >= 0.6 is 0 Å². The Bertz CT molecular complexity index is 775. The number of nitrogens with zero attached hydrogens (tertiary/aromatic N) is 3. The maximum atomic E-state index is 5.37. The molecule has 3 aromatic heterocycles. The first-order valence-electron chi connectivity index (χ1n) is 6.99. The zero-order valence-electron chi connectivity index (χ0n) is 11.7. The number of rotatable bonds is 2. The third-order valence-corrected chi connectivity index (χ3v) is 3.81. The fourth-order valence-corrected chi connectivity index (χ4v) is 2.77. The molecule has 21 heavy (non-hydrogen) atoms. The first-order chi connectivity index (χ1) is 10.3. The van der Waals surface area contributed by atoms with E-state index in [0.717, 1.165) is 36.5 Å². The number of aromatic amines is 1. The average molecular weight is 281 g/mol. The Morgan fingerprint density at radius 3 is 3.14 bits per heavy atom. The largest absolute Gasteiger partial charge is 0.357 e. The second-order valence-corrected chi connectivity index (χ2v) is 5.16. The summed E-state index contributed by atoms with van der Waals surface area (Å²) in [4.78, 5) is 12.1. The molecule has 0 spiro atoms. The fourth-order valence-electron chi connectivity index (χ4n) is 2.77. The van der Waals surface area contributed by atoms with E-state index < -0.39 is 0 Å². The standard InChI is InChI=1S/C15H15N5O/c1-9-13(11-4-6-16-7-10(11)8-18-9)14-19-15(21-20-14)12-3-2-5-17-12/h2-3,5,8,16-17H,4,6-7H2,1H3. The van der Waals surface area contributed by atoms with Crippen molar-refractivity contribution in [3.05, 3.63) is 41.3 Å². The number of pyridine rings is 1. The van der Waals surface area contributed by atoms with E-state index in [9.17, 15) is 0 Å². The van der Waals surface area contributed by atoms with E-state index in [0.29, 0.717) is 11.7 Å². The Morgan fingerprint density at radius 1 is 1.33 bits per heavy atom. The van der Waals surface area contributed by atoms with Gasteiger partial charge in [-0.2, -0.15) is 4.98 Å². The van der Waals surface area contributed by atoms with Gasteiger partial charge in [0.1, 0.15) is 5.69 Å². The number of aromatic nitrogens is 4. The molecule has 0 amide bonds. The molecule has 6 nitrogen and oxygen atoms in total. The van der Waals surface area contributed by atoms with Crippen LogP contribution in [-0.2, 0) is 13.0 Å². The number of hydrogen-bond acceptors (Lipinski definition) is 5. The van der Waals surface area contributed by atoms with Crippen molar-refractivity contribution in [2.45, 2.75) is 19.9 Å². The number of fused-ring (bicyclic) bond motifs is 1. The van der Waals surface area contributed by atoms with Gasteiger partial charge < -0.3 is 14.8 Å². The average Bonchev–Trinajstić information content (AvgIpc) is 3.18. The molecule has 4 heterocycles. The molecule has 0 saturated heterocycles. The van der Waals surface area contributed by atoms with Crippen molar-refractivity contribution in [3.8, 4) is 23.0 Å². The third kappa shape index (κ3) is 2.04. The molecule has 0 unspecified atom stereocenters. The van der Waals surface area contributed by atoms with Crippen molar-refractivity contribution in [2.75, 3.05) is 6.54 Å². The van der Waals surface area contributed by atoms with Gasteiger partial charge in [0.25, 0.3) is 5.89 Å². The molecule has 0 aliphatic carbocycles. The Kier molecular flexibility index (Phi) is 2.82. The highest BCUT2D eigenvalue weighted by Crippen LogP contribution is 2.29. The van der Waals surface area contributed by atoms with Crippen molar-refractivity contribution >= 4 is 0 Å². The predicted octanol–water partition coefficient (Wildman–Crippen LogP) is 2.08. The van der Waals surface area contributed by atoms with Crippen LogP contribution in [0, 0.1) is 6.92 Å². The molecule has 1 aliphatic rings. The maximum Gasteiger partial charge on any atom is 0.274 e. The van der Waals surface area contributed by atoms with E-state index in [4.69, 9.17) is 4.52 Å². The summed E-state index contributed by atoms with van der Waals surface area (Å²) in [5.74, 6) is 1.12. The van der Waals surface area contributed by atoms with E-state index in [1.807, 2.05) is 31.5 Å². The lowest BCUT2D eigenvalue weighted by atomic mass is 9.95. The maximum absolute atomic E-state index is 5.37. The van der Waals surface area contributed by atoms with E-state index in [1.54, 1.807) is 0 Å². The van der Waals surface area contributed by atoms with Gasteiger partial charge in [0.15, 0.2) is 0 Å². The highest BCUT2D eigenvalue weighted by Gasteiger charge is 2.21. The molecule has 0 atom stereocenters. The van der Waals surface area contributed by atoms with E-state index in [2.05, 4.69) is 25.4 Å². The molecule has 0 saturated carbocycles. The zero-order chi connectivity index (χ0) is 14.2. The molecule has 0 bridgehead atoms. The fraction of sp³-hybridized carbons (Fsp3) is 0.267. The minimum absolute atomic E-state index is 0.501. The highest BCUT2D eigenvalue weighted by molar-refractivity contribution is 5.66. The van der Waals surface area contributed by atoms with Crippen molar-refractivity contribution in [2.24, 2.45) is 0 Å². The van der Waals surface area contributed by atoms with Crippen molar-refractivity contribution < 1.29 is 4.52 Å². The Hall–Kier alpha value is -2.47. The summed E-state index contributed by atoms with van der Waals surface area (Å²) in [6.45, 7) is 3.80. The van der Waals surface area contributed by atoms with Crippen LogP contribution in [0.15, 0.2) is 29.0 Å². The van der Waals surface area contributed by atoms with Crippen LogP contribution in [0.5, 0.6) is 0 Å². The lowest BCUT2D eigenvalue weighted by molar-refractivity contribution is 0.431. The number of H-pyrrole nitrogens is 1. The van der Waals surface area contributed by atoms with Crippen molar-refractivity contribution in [1.82, 2.24) is 25.4 Å². The first-order valence-corrected chi connectivity index (χ1v) is 6.99. The summed E-state index contributed by atoms with van der Waals surface area (Å²) in [5, 5.41) is 7.50. The summed E-state index contributed by atoms with van der Waals surface area (Å²) < 4.78 is 5.37. The quantitative estimate of drug-likeness (QED) is 0.751. The molecule has 0 fully saturated rings. The summed E-state index contributed by atoms with van der Waals surface area (Å²) in [6.07, 6.45) is 4.73. The van der Waals surface area contributed by atoms with Gasteiger partial charge in [0, 0.05) is 30.2 Å². The smallest absolute Gasteiger partial charge is 0.274 e. The summed E-state index contributed by atoms with van der Waals surface area (Å²) >= 11 is 0. The molecule has 6 heteroatoms. The Balaban J connectivity index is 1.83. The lowest BCUT2D eigenvalue weighted by Crippen LogP contribution is -2.24. The van der Waals surface area contributed by atoms with Gasteiger partial charge in [-0.3, -0.25) is 4.98 Å². The second kappa shape index (κ2) is 4.82. The van der Waals surface area contributed by atoms with Crippen LogP contribution in [0.1, 0.15) is 16.8 Å². The summed E-state index contributed by atoms with van der Waals surface area (Å²) in [5.41, 5.74) is 5.27. The molecule has 106 valence electrons. The molecule has 0 aromatic carbocycles. The second-order valence-electron chi connectivity index (χ2n) is 5.16. The molecule has 4 rings (SSSR count). The van der Waals surface area contributed by atoms with Crippen LogP contribution < -0.4 is 5.32 Å². The third-order valence-electron chi connectivity index (χ3n) is 3.81. The lowest BCUT2D eigenvalue weighted by Gasteiger charge is -2.19. The van der Waals surface area contributed by atoms with Crippen LogP contribution in [0.25, 0.3) is 23.0 Å². The number of hydrogen-bond donors (Lipinski definition) is 2. The normalized spacial score (nSPS) is 14.1. The van der Waals surface area contributed by atoms with Gasteiger partial charge >= 0.3 is 0 Å². The predicted molar refractivity (Wildman–Crippen MR) is 77.5 cm³/mol. The van der Waals surface area contributed by atoms with Crippen LogP contribution in [0.2, 0.25) is 0 Å². The van der Waals surface area contributed by atoms with Gasteiger partial charge in [-0.25, -0.2) is 0 Å². The molecule has 1 aliphatic heterocycles. The number of aryl methyl sites for hydroxylation is 1. The highest BCUT2D eigenvalue weighted by atomic mass is 16.5. The first kappa shape index (κ1) is 12.3. The number of nitrogens with one attached hydrogen (secondary N) is 2. The van der Waals surface area contributed by atoms with Gasteiger partial charge in [-0.1, -0.05) is 5.16 Å². The van der Waals surface area contributed by atoms with Crippen molar-refractivity contribution in [1.29, 1.82) is 0 Å². The summed E-state index contributed by atoms with van der Waals surface area (Å²) in [7, 11) is 0. The van der Waals surface area contributed by atoms with Crippen LogP contribution in [-0.4, -0.2) is 26.7 Å². The van der Waals surface area contributed by atoms with Crippen LogP contribution in [0.3, 0.4) is 0 Å². The zero-order valence-corrected chi connectivity index (χ0v) is 11.7. The molecule has 2 N–H and O–H groups in total. The monoisotopic (exact) mass is 281 g/mol. The minimum Gasteiger partial charge on any atom is -0.357 e. The SMILES string of the molecule is Cc1ncc2c(c1-c1noc(-c3ccc[nH]3)n1)CCNC2. The van der Waals surface area contributed by atoms with Gasteiger partial charge in [-0.15, -0.1) is 0 Å². The Morgan fingerprint density at radius 2 is 2.29 bits per heavy atom. The van der Waals surface area contributed by atoms with Crippen molar-refractivity contribution in [3.63, 3.8) is 0 Å². The van der Waals surface area contributed by atoms with Gasteiger partial charge in [0.2, 0.25) is 5.82 Å². The minimum atomic E-state index is 0.501. The van der Waals surface area contributed by atoms with E-state index >= 15 is 0 Å². The molecule has 3 aromatic rings. The van der Waals surface area contributed by atoms with E-state index in [-0.39, 0.29) is 0 Å². The molecular weight excluding hydrogens is 266 g/mol. The molecular formula is C15H15N5O. The van der Waals surface area contributed by atoms with Crippen LogP contribution in [0.4, 0.5) is 0 Å². The van der Waals surface area contributed by atoms with E-state index in [1.165, 1.54) is 11.1 Å². The Labute approximate surface area is 121 Å².